The predicted molar refractivity (Wildman–Crippen MR) is 91.3 cm³/mol. The number of hydrogen-bond donors (Lipinski definition) is 2. The number of amides is 2. The summed E-state index contributed by atoms with van der Waals surface area (Å²) in [6, 6.07) is 9.91. The lowest BCUT2D eigenvalue weighted by Crippen LogP contribution is -2.31. The normalized spacial score (nSPS) is 11.4. The maximum atomic E-state index is 13.7. The van der Waals surface area contributed by atoms with E-state index in [2.05, 4.69) is 15.4 Å². The molecule has 6 nitrogen and oxygen atoms in total. The third kappa shape index (κ3) is 4.69. The number of hydrogen-bond acceptors (Lipinski definition) is 4. The van der Waals surface area contributed by atoms with E-state index in [0.717, 1.165) is 0 Å². The Balaban J connectivity index is 1.97. The van der Waals surface area contributed by atoms with E-state index in [-0.39, 0.29) is 5.75 Å². The van der Waals surface area contributed by atoms with Crippen molar-refractivity contribution in [1.29, 1.82) is 0 Å². The molecular formula is C18H19FN2O4. The van der Waals surface area contributed by atoms with Gasteiger partial charge in [0.25, 0.3) is 0 Å². The van der Waals surface area contributed by atoms with Crippen LogP contribution in [0.5, 0.6) is 5.75 Å². The van der Waals surface area contributed by atoms with Crippen LogP contribution in [0.3, 0.4) is 0 Å². The van der Waals surface area contributed by atoms with Gasteiger partial charge in [-0.2, -0.15) is 0 Å². The fraction of sp³-hybridized carbons (Fsp3) is 0.222. The second kappa shape index (κ2) is 8.14. The van der Waals surface area contributed by atoms with Gasteiger partial charge in [-0.15, -0.1) is 0 Å². The minimum atomic E-state index is -0.493. The van der Waals surface area contributed by atoms with Crippen LogP contribution in [0.15, 0.2) is 42.5 Å². The van der Waals surface area contributed by atoms with Crippen LogP contribution >= 0.6 is 0 Å². The highest BCUT2D eigenvalue weighted by Crippen LogP contribution is 2.21. The molecule has 2 N–H and O–H groups in total. The molecule has 1 atom stereocenters. The maximum absolute atomic E-state index is 13.7. The fourth-order valence-electron chi connectivity index (χ4n) is 2.21. The molecule has 0 fully saturated rings. The molecular weight excluding hydrogens is 327 g/mol. The van der Waals surface area contributed by atoms with E-state index in [0.29, 0.717) is 16.8 Å². The SMILES string of the molecule is COC(=O)c1ccc(NC(=O)NC(C)c2ccc(OC)c(F)c2)cc1. The number of rotatable bonds is 5. The largest absolute Gasteiger partial charge is 0.494 e. The van der Waals surface area contributed by atoms with E-state index in [4.69, 9.17) is 4.74 Å². The zero-order valence-corrected chi connectivity index (χ0v) is 14.1. The number of halogens is 1. The van der Waals surface area contributed by atoms with E-state index in [9.17, 15) is 14.0 Å². The molecule has 2 aromatic carbocycles. The van der Waals surface area contributed by atoms with Crippen LogP contribution in [0.1, 0.15) is 28.9 Å². The van der Waals surface area contributed by atoms with Crippen molar-refractivity contribution in [3.05, 3.63) is 59.4 Å². The van der Waals surface area contributed by atoms with Crippen LogP contribution < -0.4 is 15.4 Å². The molecule has 0 spiro atoms. The highest BCUT2D eigenvalue weighted by molar-refractivity contribution is 5.92. The van der Waals surface area contributed by atoms with Crippen molar-refractivity contribution in [2.75, 3.05) is 19.5 Å². The van der Waals surface area contributed by atoms with Crippen molar-refractivity contribution in [2.45, 2.75) is 13.0 Å². The molecule has 2 rings (SSSR count). The molecule has 7 heteroatoms. The number of urea groups is 1. The zero-order chi connectivity index (χ0) is 18.4. The topological polar surface area (TPSA) is 76.7 Å². The smallest absolute Gasteiger partial charge is 0.337 e. The van der Waals surface area contributed by atoms with Crippen molar-refractivity contribution in [3.8, 4) is 5.75 Å². The molecule has 0 aliphatic carbocycles. The van der Waals surface area contributed by atoms with Crippen molar-refractivity contribution in [3.63, 3.8) is 0 Å². The summed E-state index contributed by atoms with van der Waals surface area (Å²) in [6.45, 7) is 1.74. The Morgan fingerprint density at radius 1 is 1.08 bits per heavy atom. The lowest BCUT2D eigenvalue weighted by molar-refractivity contribution is 0.0600. The van der Waals surface area contributed by atoms with Gasteiger partial charge >= 0.3 is 12.0 Å². The van der Waals surface area contributed by atoms with Gasteiger partial charge < -0.3 is 20.1 Å². The highest BCUT2D eigenvalue weighted by Gasteiger charge is 2.13. The van der Waals surface area contributed by atoms with Gasteiger partial charge in [-0.05, 0) is 48.9 Å². The number of methoxy groups -OCH3 is 2. The standard InChI is InChI=1S/C18H19FN2O4/c1-11(13-6-9-16(24-2)15(19)10-13)20-18(23)21-14-7-4-12(5-8-14)17(22)25-3/h4-11H,1-3H3,(H2,20,21,23). The average Bonchev–Trinajstić information content (AvgIpc) is 2.61. The monoisotopic (exact) mass is 346 g/mol. The minimum Gasteiger partial charge on any atom is -0.494 e. The minimum absolute atomic E-state index is 0.145. The van der Waals surface area contributed by atoms with Gasteiger partial charge in [-0.25, -0.2) is 14.0 Å². The average molecular weight is 346 g/mol. The van der Waals surface area contributed by atoms with E-state index in [1.54, 1.807) is 37.3 Å². The zero-order valence-electron chi connectivity index (χ0n) is 14.1. The summed E-state index contributed by atoms with van der Waals surface area (Å²) in [4.78, 5) is 23.4. The molecule has 2 amide bonds. The van der Waals surface area contributed by atoms with Crippen LogP contribution in [-0.4, -0.2) is 26.2 Å². The van der Waals surface area contributed by atoms with Gasteiger partial charge in [-0.3, -0.25) is 0 Å². The van der Waals surface area contributed by atoms with Crippen LogP contribution in [0.2, 0.25) is 0 Å². The van der Waals surface area contributed by atoms with Crippen molar-refractivity contribution >= 4 is 17.7 Å². The number of carbonyl (C=O) groups excluding carboxylic acids is 2. The highest BCUT2D eigenvalue weighted by atomic mass is 19.1. The number of esters is 1. The fourth-order valence-corrected chi connectivity index (χ4v) is 2.21. The predicted octanol–water partition coefficient (Wildman–Crippen LogP) is 3.50. The summed E-state index contributed by atoms with van der Waals surface area (Å²) >= 11 is 0. The van der Waals surface area contributed by atoms with Gasteiger partial charge in [0, 0.05) is 5.69 Å². The Morgan fingerprint density at radius 2 is 1.76 bits per heavy atom. The van der Waals surface area contributed by atoms with E-state index < -0.39 is 23.9 Å². The van der Waals surface area contributed by atoms with Gasteiger partial charge in [0.15, 0.2) is 11.6 Å². The summed E-state index contributed by atoms with van der Waals surface area (Å²) < 4.78 is 23.2. The summed E-state index contributed by atoms with van der Waals surface area (Å²) in [6.07, 6.45) is 0. The molecule has 0 heterocycles. The first kappa shape index (κ1) is 18.3. The molecule has 132 valence electrons. The Bertz CT molecular complexity index is 762. The molecule has 0 aliphatic heterocycles. The van der Waals surface area contributed by atoms with E-state index in [1.807, 2.05) is 0 Å². The van der Waals surface area contributed by atoms with Crippen LogP contribution in [-0.2, 0) is 4.74 Å². The summed E-state index contributed by atoms with van der Waals surface area (Å²) in [7, 11) is 2.68. The Hall–Kier alpha value is -3.09. The molecule has 0 saturated carbocycles. The quantitative estimate of drug-likeness (QED) is 0.813. The number of nitrogens with one attached hydrogen (secondary N) is 2. The van der Waals surface area contributed by atoms with E-state index in [1.165, 1.54) is 26.4 Å². The molecule has 1 unspecified atom stereocenters. The maximum Gasteiger partial charge on any atom is 0.337 e. The van der Waals surface area contributed by atoms with Gasteiger partial charge in [0.1, 0.15) is 0 Å². The second-order valence-electron chi connectivity index (χ2n) is 5.28. The lowest BCUT2D eigenvalue weighted by Gasteiger charge is -2.16. The summed E-state index contributed by atoms with van der Waals surface area (Å²) in [5.74, 6) is -0.801. The van der Waals surface area contributed by atoms with Gasteiger partial charge in [0.05, 0.1) is 25.8 Å². The molecule has 2 aromatic rings. The molecule has 0 aromatic heterocycles. The Labute approximate surface area is 144 Å². The van der Waals surface area contributed by atoms with Crippen LogP contribution in [0, 0.1) is 5.82 Å². The first-order chi connectivity index (χ1) is 11.9. The van der Waals surface area contributed by atoms with Gasteiger partial charge in [-0.1, -0.05) is 6.07 Å². The van der Waals surface area contributed by atoms with Crippen LogP contribution in [0.4, 0.5) is 14.9 Å². The molecule has 25 heavy (non-hydrogen) atoms. The number of carbonyl (C=O) groups is 2. The van der Waals surface area contributed by atoms with Crippen molar-refractivity contribution < 1.29 is 23.5 Å². The Kier molecular flexibility index (Phi) is 5.94. The summed E-state index contributed by atoms with van der Waals surface area (Å²) in [5, 5.41) is 5.35. The van der Waals surface area contributed by atoms with Crippen molar-refractivity contribution in [2.24, 2.45) is 0 Å². The molecule has 0 bridgehead atoms. The third-order valence-electron chi connectivity index (χ3n) is 3.59. The summed E-state index contributed by atoms with van der Waals surface area (Å²) in [5.41, 5.74) is 1.50. The number of ether oxygens (including phenoxy) is 2. The molecule has 0 aliphatic rings. The number of anilines is 1. The van der Waals surface area contributed by atoms with Crippen LogP contribution in [0.25, 0.3) is 0 Å². The lowest BCUT2D eigenvalue weighted by atomic mass is 10.1. The van der Waals surface area contributed by atoms with Crippen molar-refractivity contribution in [1.82, 2.24) is 5.32 Å². The Morgan fingerprint density at radius 3 is 2.32 bits per heavy atom. The second-order valence-corrected chi connectivity index (χ2v) is 5.28. The third-order valence-corrected chi connectivity index (χ3v) is 3.59. The first-order valence-electron chi connectivity index (χ1n) is 7.54. The van der Waals surface area contributed by atoms with E-state index >= 15 is 0 Å². The molecule has 0 saturated heterocycles. The molecule has 0 radical (unpaired) electrons. The number of benzene rings is 2. The first-order valence-corrected chi connectivity index (χ1v) is 7.54. The van der Waals surface area contributed by atoms with Gasteiger partial charge in [0.2, 0.25) is 0 Å².